The van der Waals surface area contributed by atoms with Gasteiger partial charge in [-0.05, 0) is 55.2 Å². The minimum atomic E-state index is -0.660. The number of amides is 1. The average molecular weight is 414 g/mol. The molecule has 158 valence electrons. The molecule has 0 spiro atoms. The Morgan fingerprint density at radius 1 is 1.10 bits per heavy atom. The fourth-order valence-corrected chi connectivity index (χ4v) is 3.02. The third-order valence-corrected chi connectivity index (χ3v) is 5.01. The molecule has 1 atom stereocenters. The molecule has 5 nitrogen and oxygen atoms in total. The van der Waals surface area contributed by atoms with Crippen molar-refractivity contribution in [3.8, 4) is 17.2 Å². The number of aromatic nitrogens is 1. The molecule has 1 heterocycles. The van der Waals surface area contributed by atoms with Gasteiger partial charge in [-0.25, -0.2) is 13.8 Å². The standard InChI is InChI=1S/C23H24F2N2O3/c1-12(2)15-6-7-21(29-5)17(8-15)23-27-20(11-30-23)22(28)26-14(4)16-9-18(24)13(3)19(25)10-16/h6-12,14H,1-5H3,(H,26,28)/t14-/m1/s1. The van der Waals surface area contributed by atoms with Gasteiger partial charge in [0, 0.05) is 5.56 Å². The van der Waals surface area contributed by atoms with E-state index in [9.17, 15) is 13.6 Å². The van der Waals surface area contributed by atoms with Crippen LogP contribution in [0.25, 0.3) is 11.5 Å². The van der Waals surface area contributed by atoms with Crippen LogP contribution in [0, 0.1) is 18.6 Å². The molecule has 0 bridgehead atoms. The average Bonchev–Trinajstić information content (AvgIpc) is 3.21. The number of hydrogen-bond acceptors (Lipinski definition) is 4. The summed E-state index contributed by atoms with van der Waals surface area (Å²) < 4.78 is 38.5. The predicted octanol–water partition coefficient (Wildman–Crippen LogP) is 5.55. The Labute approximate surface area is 174 Å². The molecule has 3 rings (SSSR count). The lowest BCUT2D eigenvalue weighted by Gasteiger charge is -2.14. The molecule has 1 amide bonds. The van der Waals surface area contributed by atoms with E-state index in [1.54, 1.807) is 14.0 Å². The molecular weight excluding hydrogens is 390 g/mol. The number of rotatable bonds is 6. The Morgan fingerprint density at radius 2 is 1.77 bits per heavy atom. The molecule has 0 aliphatic heterocycles. The Bertz CT molecular complexity index is 1050. The number of carbonyl (C=O) groups excluding carboxylic acids is 1. The van der Waals surface area contributed by atoms with E-state index in [-0.39, 0.29) is 17.1 Å². The summed E-state index contributed by atoms with van der Waals surface area (Å²) in [6.45, 7) is 7.13. The minimum Gasteiger partial charge on any atom is -0.496 e. The summed E-state index contributed by atoms with van der Waals surface area (Å²) in [6.07, 6.45) is 1.25. The van der Waals surface area contributed by atoms with Crippen molar-refractivity contribution in [1.29, 1.82) is 0 Å². The highest BCUT2D eigenvalue weighted by Gasteiger charge is 2.20. The first kappa shape index (κ1) is 21.5. The summed E-state index contributed by atoms with van der Waals surface area (Å²) >= 11 is 0. The zero-order valence-electron chi connectivity index (χ0n) is 17.5. The van der Waals surface area contributed by atoms with Crippen molar-refractivity contribution in [1.82, 2.24) is 10.3 Å². The number of nitrogens with zero attached hydrogens (tertiary/aromatic N) is 1. The number of nitrogens with one attached hydrogen (secondary N) is 1. The lowest BCUT2D eigenvalue weighted by atomic mass is 10.0. The van der Waals surface area contributed by atoms with Crippen LogP contribution in [0.5, 0.6) is 5.75 Å². The van der Waals surface area contributed by atoms with E-state index in [1.165, 1.54) is 25.3 Å². The minimum absolute atomic E-state index is 0.0573. The van der Waals surface area contributed by atoms with Gasteiger partial charge in [-0.1, -0.05) is 19.9 Å². The van der Waals surface area contributed by atoms with Crippen LogP contribution in [0.15, 0.2) is 41.0 Å². The molecule has 30 heavy (non-hydrogen) atoms. The molecule has 1 N–H and O–H groups in total. The fraction of sp³-hybridized carbons (Fsp3) is 0.304. The van der Waals surface area contributed by atoms with Crippen LogP contribution in [0.3, 0.4) is 0 Å². The van der Waals surface area contributed by atoms with Gasteiger partial charge in [0.2, 0.25) is 5.89 Å². The Kier molecular flexibility index (Phi) is 6.20. The van der Waals surface area contributed by atoms with E-state index >= 15 is 0 Å². The third-order valence-electron chi connectivity index (χ3n) is 5.01. The van der Waals surface area contributed by atoms with Crippen molar-refractivity contribution < 1.29 is 22.7 Å². The van der Waals surface area contributed by atoms with Gasteiger partial charge in [0.1, 0.15) is 23.6 Å². The van der Waals surface area contributed by atoms with Gasteiger partial charge in [0.15, 0.2) is 5.69 Å². The summed E-state index contributed by atoms with van der Waals surface area (Å²) in [5.41, 5.74) is 2.03. The molecule has 0 aliphatic carbocycles. The monoisotopic (exact) mass is 414 g/mol. The first-order valence-electron chi connectivity index (χ1n) is 9.61. The molecule has 3 aromatic rings. The van der Waals surface area contributed by atoms with Crippen LogP contribution in [0.1, 0.15) is 59.9 Å². The maximum absolute atomic E-state index is 13.8. The molecule has 2 aromatic carbocycles. The molecule has 0 radical (unpaired) electrons. The molecule has 7 heteroatoms. The Morgan fingerprint density at radius 3 is 2.37 bits per heavy atom. The number of ether oxygens (including phenoxy) is 1. The lowest BCUT2D eigenvalue weighted by molar-refractivity contribution is 0.0934. The molecular formula is C23H24F2N2O3. The van der Waals surface area contributed by atoms with Gasteiger partial charge in [-0.2, -0.15) is 0 Å². The van der Waals surface area contributed by atoms with Gasteiger partial charge >= 0.3 is 0 Å². The van der Waals surface area contributed by atoms with Gasteiger partial charge in [0.05, 0.1) is 18.7 Å². The highest BCUT2D eigenvalue weighted by Crippen LogP contribution is 2.32. The SMILES string of the molecule is COc1ccc(C(C)C)cc1-c1nc(C(=O)N[C@H](C)c2cc(F)c(C)c(F)c2)co1. The highest BCUT2D eigenvalue weighted by atomic mass is 19.1. The van der Waals surface area contributed by atoms with Gasteiger partial charge in [-0.15, -0.1) is 0 Å². The zero-order chi connectivity index (χ0) is 22.0. The summed E-state index contributed by atoms with van der Waals surface area (Å²) in [5, 5.41) is 2.68. The maximum atomic E-state index is 13.8. The van der Waals surface area contributed by atoms with Crippen molar-refractivity contribution in [2.75, 3.05) is 7.11 Å². The van der Waals surface area contributed by atoms with Crippen molar-refractivity contribution in [2.24, 2.45) is 0 Å². The summed E-state index contributed by atoms with van der Waals surface area (Å²) in [4.78, 5) is 16.9. The Hall–Kier alpha value is -3.22. The maximum Gasteiger partial charge on any atom is 0.273 e. The van der Waals surface area contributed by atoms with Crippen molar-refractivity contribution in [2.45, 2.75) is 39.7 Å². The van der Waals surface area contributed by atoms with Crippen LogP contribution >= 0.6 is 0 Å². The van der Waals surface area contributed by atoms with E-state index in [0.717, 1.165) is 5.56 Å². The van der Waals surface area contributed by atoms with E-state index in [1.807, 2.05) is 18.2 Å². The van der Waals surface area contributed by atoms with E-state index < -0.39 is 23.6 Å². The van der Waals surface area contributed by atoms with Crippen LogP contribution in [-0.4, -0.2) is 18.0 Å². The number of carbonyl (C=O) groups is 1. The number of hydrogen-bond donors (Lipinski definition) is 1. The molecule has 0 fully saturated rings. The number of oxazole rings is 1. The third kappa shape index (κ3) is 4.35. The van der Waals surface area contributed by atoms with Crippen LogP contribution in [0.4, 0.5) is 8.78 Å². The largest absolute Gasteiger partial charge is 0.496 e. The number of benzene rings is 2. The van der Waals surface area contributed by atoms with E-state index in [0.29, 0.717) is 22.8 Å². The van der Waals surface area contributed by atoms with Crippen LogP contribution < -0.4 is 10.1 Å². The van der Waals surface area contributed by atoms with E-state index in [2.05, 4.69) is 24.1 Å². The highest BCUT2D eigenvalue weighted by molar-refractivity contribution is 5.92. The number of methoxy groups -OCH3 is 1. The predicted molar refractivity (Wildman–Crippen MR) is 110 cm³/mol. The summed E-state index contributed by atoms with van der Waals surface area (Å²) in [6, 6.07) is 7.50. The van der Waals surface area contributed by atoms with Crippen molar-refractivity contribution in [3.63, 3.8) is 0 Å². The first-order valence-corrected chi connectivity index (χ1v) is 9.61. The molecule has 0 saturated heterocycles. The number of halogens is 2. The fourth-order valence-electron chi connectivity index (χ4n) is 3.02. The van der Waals surface area contributed by atoms with E-state index in [4.69, 9.17) is 9.15 Å². The van der Waals surface area contributed by atoms with Crippen molar-refractivity contribution in [3.05, 3.63) is 70.6 Å². The van der Waals surface area contributed by atoms with Gasteiger partial charge in [0.25, 0.3) is 5.91 Å². The second-order valence-corrected chi connectivity index (χ2v) is 7.46. The van der Waals surface area contributed by atoms with Crippen molar-refractivity contribution >= 4 is 5.91 Å². The normalized spacial score (nSPS) is 12.1. The van der Waals surface area contributed by atoms with Crippen LogP contribution in [-0.2, 0) is 0 Å². The van der Waals surface area contributed by atoms with Gasteiger partial charge < -0.3 is 14.5 Å². The smallest absolute Gasteiger partial charge is 0.273 e. The molecule has 0 unspecified atom stereocenters. The molecule has 0 aliphatic rings. The second-order valence-electron chi connectivity index (χ2n) is 7.46. The Balaban J connectivity index is 1.83. The zero-order valence-corrected chi connectivity index (χ0v) is 17.5. The van der Waals surface area contributed by atoms with Crippen LogP contribution in [0.2, 0.25) is 0 Å². The molecule has 1 aromatic heterocycles. The topological polar surface area (TPSA) is 64.4 Å². The summed E-state index contributed by atoms with van der Waals surface area (Å²) in [5.74, 6) is -0.716. The summed E-state index contributed by atoms with van der Waals surface area (Å²) in [7, 11) is 1.55. The molecule has 0 saturated carbocycles. The lowest BCUT2D eigenvalue weighted by Crippen LogP contribution is -2.27. The second kappa shape index (κ2) is 8.65. The first-order chi connectivity index (χ1) is 14.2. The quantitative estimate of drug-likeness (QED) is 0.574. The van der Waals surface area contributed by atoms with Gasteiger partial charge in [-0.3, -0.25) is 4.79 Å².